The van der Waals surface area contributed by atoms with Crippen LogP contribution in [0.25, 0.3) is 0 Å². The highest BCUT2D eigenvalue weighted by Gasteiger charge is 2.56. The molecule has 36 heavy (non-hydrogen) atoms. The number of benzene rings is 2. The lowest BCUT2D eigenvalue weighted by molar-refractivity contribution is -0.134. The number of carbonyl (C=O) groups excluding carboxylic acids is 3. The van der Waals surface area contributed by atoms with Crippen LogP contribution in [-0.4, -0.2) is 77.4 Å². The second-order valence-electron chi connectivity index (χ2n) is 10.5. The van der Waals surface area contributed by atoms with Crippen LogP contribution in [0.2, 0.25) is 0 Å². The Kier molecular flexibility index (Phi) is 7.10. The van der Waals surface area contributed by atoms with Crippen molar-refractivity contribution in [3.63, 3.8) is 0 Å². The lowest BCUT2D eigenvalue weighted by atomic mass is 9.73. The molecule has 0 unspecified atom stereocenters. The Morgan fingerprint density at radius 3 is 2.28 bits per heavy atom. The number of hydrogen-bond donors (Lipinski definition) is 1. The summed E-state index contributed by atoms with van der Waals surface area (Å²) >= 11 is 0. The van der Waals surface area contributed by atoms with E-state index < -0.39 is 5.54 Å². The second kappa shape index (κ2) is 10.4. The van der Waals surface area contributed by atoms with Gasteiger partial charge in [0.25, 0.3) is 11.8 Å². The zero-order valence-electron chi connectivity index (χ0n) is 21.1. The Morgan fingerprint density at radius 2 is 1.58 bits per heavy atom. The first kappa shape index (κ1) is 24.5. The summed E-state index contributed by atoms with van der Waals surface area (Å²) in [5, 5.41) is 3.16. The number of nitrogens with zero attached hydrogens (tertiary/aromatic N) is 3. The molecule has 4 amide bonds. The van der Waals surface area contributed by atoms with E-state index in [1.54, 1.807) is 0 Å². The zero-order chi connectivity index (χ0) is 25.1. The third kappa shape index (κ3) is 4.76. The Morgan fingerprint density at radius 1 is 0.917 bits per heavy atom. The molecule has 7 nitrogen and oxygen atoms in total. The molecule has 3 fully saturated rings. The van der Waals surface area contributed by atoms with Crippen molar-refractivity contribution in [1.29, 1.82) is 0 Å². The number of urea groups is 1. The van der Waals surface area contributed by atoms with Gasteiger partial charge in [-0.25, -0.2) is 4.79 Å². The monoisotopic (exact) mass is 488 g/mol. The Labute approximate surface area is 213 Å². The third-order valence-electron chi connectivity index (χ3n) is 8.22. The summed E-state index contributed by atoms with van der Waals surface area (Å²) in [7, 11) is 0. The number of nitrogens with one attached hydrogen (secondary N) is 1. The van der Waals surface area contributed by atoms with Gasteiger partial charge in [-0.15, -0.1) is 0 Å². The number of piperidine rings is 1. The van der Waals surface area contributed by atoms with Crippen molar-refractivity contribution >= 4 is 17.8 Å². The van der Waals surface area contributed by atoms with Gasteiger partial charge in [-0.1, -0.05) is 48.5 Å². The molecule has 0 radical (unpaired) electrons. The molecule has 0 aliphatic carbocycles. The van der Waals surface area contributed by atoms with Crippen molar-refractivity contribution in [1.82, 2.24) is 20.0 Å². The topological polar surface area (TPSA) is 73.0 Å². The van der Waals surface area contributed by atoms with Crippen molar-refractivity contribution < 1.29 is 14.4 Å². The van der Waals surface area contributed by atoms with Crippen molar-refractivity contribution in [2.75, 3.05) is 39.3 Å². The predicted octanol–water partition coefficient (Wildman–Crippen LogP) is 3.48. The zero-order valence-corrected chi connectivity index (χ0v) is 21.1. The maximum absolute atomic E-state index is 14.0. The SMILES string of the molecule is Cc1ccccc1C(=O)N1CCC([C@]2(Cc3ccccc3)NC(=O)N(CCN3CCCC3)C2=O)CC1. The lowest BCUT2D eigenvalue weighted by Crippen LogP contribution is -2.58. The van der Waals surface area contributed by atoms with Gasteiger partial charge >= 0.3 is 6.03 Å². The first-order valence-electron chi connectivity index (χ1n) is 13.2. The van der Waals surface area contributed by atoms with Crippen LogP contribution in [0, 0.1) is 12.8 Å². The second-order valence-corrected chi connectivity index (χ2v) is 10.5. The van der Waals surface area contributed by atoms with Gasteiger partial charge in [0.15, 0.2) is 0 Å². The molecule has 0 saturated carbocycles. The molecule has 2 aromatic rings. The van der Waals surface area contributed by atoms with Gasteiger partial charge in [0, 0.05) is 38.2 Å². The summed E-state index contributed by atoms with van der Waals surface area (Å²) in [5.41, 5.74) is 1.76. The predicted molar refractivity (Wildman–Crippen MR) is 139 cm³/mol. The molecule has 1 atom stereocenters. The van der Waals surface area contributed by atoms with E-state index >= 15 is 0 Å². The average molecular weight is 489 g/mol. The highest BCUT2D eigenvalue weighted by atomic mass is 16.2. The number of hydrogen-bond acceptors (Lipinski definition) is 4. The van der Waals surface area contributed by atoms with Gasteiger partial charge in [0.1, 0.15) is 5.54 Å². The number of likely N-dealkylation sites (tertiary alicyclic amines) is 2. The van der Waals surface area contributed by atoms with Crippen LogP contribution in [0.5, 0.6) is 0 Å². The Bertz CT molecular complexity index is 1110. The van der Waals surface area contributed by atoms with E-state index in [1.807, 2.05) is 66.4 Å². The van der Waals surface area contributed by atoms with Crippen LogP contribution in [0.4, 0.5) is 4.79 Å². The summed E-state index contributed by atoms with van der Waals surface area (Å²) in [5.74, 6) is -0.108. The fourth-order valence-electron chi connectivity index (χ4n) is 6.11. The summed E-state index contributed by atoms with van der Waals surface area (Å²) in [6.07, 6.45) is 4.18. The van der Waals surface area contributed by atoms with E-state index in [0.29, 0.717) is 38.9 Å². The molecule has 1 N–H and O–H groups in total. The van der Waals surface area contributed by atoms with Crippen molar-refractivity contribution in [3.8, 4) is 0 Å². The minimum Gasteiger partial charge on any atom is -0.339 e. The standard InChI is InChI=1S/C29H36N4O3/c1-22-9-5-6-12-25(22)26(34)32-17-13-24(14-18-32)29(21-23-10-3-2-4-11-23)27(35)33(28(36)30-29)20-19-31-15-7-8-16-31/h2-6,9-12,24H,7-8,13-21H2,1H3,(H,30,36)/t29-/m0/s1. The van der Waals surface area contributed by atoms with Gasteiger partial charge in [-0.05, 0) is 68.8 Å². The van der Waals surface area contributed by atoms with Crippen LogP contribution >= 0.6 is 0 Å². The molecule has 3 heterocycles. The van der Waals surface area contributed by atoms with Gasteiger partial charge in [-0.2, -0.15) is 0 Å². The Balaban J connectivity index is 1.34. The summed E-state index contributed by atoms with van der Waals surface area (Å²) in [6, 6.07) is 17.3. The summed E-state index contributed by atoms with van der Waals surface area (Å²) < 4.78 is 0. The molecular weight excluding hydrogens is 452 g/mol. The molecule has 5 rings (SSSR count). The molecule has 190 valence electrons. The van der Waals surface area contributed by atoms with E-state index in [2.05, 4.69) is 10.2 Å². The fourth-order valence-corrected chi connectivity index (χ4v) is 6.11. The van der Waals surface area contributed by atoms with E-state index in [4.69, 9.17) is 0 Å². The molecular formula is C29H36N4O3. The smallest absolute Gasteiger partial charge is 0.325 e. The largest absolute Gasteiger partial charge is 0.339 e. The molecule has 3 saturated heterocycles. The number of aryl methyl sites for hydroxylation is 1. The molecule has 0 bridgehead atoms. The summed E-state index contributed by atoms with van der Waals surface area (Å²) in [4.78, 5) is 45.9. The first-order chi connectivity index (χ1) is 17.5. The van der Waals surface area contributed by atoms with E-state index in [9.17, 15) is 14.4 Å². The highest BCUT2D eigenvalue weighted by Crippen LogP contribution is 2.37. The lowest BCUT2D eigenvalue weighted by Gasteiger charge is -2.41. The summed E-state index contributed by atoms with van der Waals surface area (Å²) in [6.45, 7) is 6.32. The molecule has 3 aliphatic rings. The normalized spacial score (nSPS) is 23.4. The van der Waals surface area contributed by atoms with Gasteiger partial charge < -0.3 is 15.1 Å². The first-order valence-corrected chi connectivity index (χ1v) is 13.2. The number of carbonyl (C=O) groups is 3. The number of amides is 4. The average Bonchev–Trinajstić information content (AvgIpc) is 3.50. The molecule has 2 aromatic carbocycles. The van der Waals surface area contributed by atoms with Crippen molar-refractivity contribution in [2.24, 2.45) is 5.92 Å². The van der Waals surface area contributed by atoms with Crippen LogP contribution in [0.15, 0.2) is 54.6 Å². The van der Waals surface area contributed by atoms with Crippen LogP contribution in [0.1, 0.15) is 47.2 Å². The number of imide groups is 1. The van der Waals surface area contributed by atoms with Crippen LogP contribution < -0.4 is 5.32 Å². The molecule has 7 heteroatoms. The maximum atomic E-state index is 14.0. The van der Waals surface area contributed by atoms with Crippen LogP contribution in [-0.2, 0) is 11.2 Å². The fraction of sp³-hybridized carbons (Fsp3) is 0.483. The highest BCUT2D eigenvalue weighted by molar-refractivity contribution is 6.07. The molecule has 0 aromatic heterocycles. The molecule has 0 spiro atoms. The quantitative estimate of drug-likeness (QED) is 0.606. The number of rotatable bonds is 7. The van der Waals surface area contributed by atoms with Crippen molar-refractivity contribution in [2.45, 2.75) is 44.6 Å². The van der Waals surface area contributed by atoms with E-state index in [0.717, 1.165) is 36.3 Å². The van der Waals surface area contributed by atoms with Crippen molar-refractivity contribution in [3.05, 3.63) is 71.3 Å². The van der Waals surface area contributed by atoms with E-state index in [1.165, 1.54) is 17.7 Å². The van der Waals surface area contributed by atoms with Gasteiger partial charge in [-0.3, -0.25) is 14.5 Å². The third-order valence-corrected chi connectivity index (χ3v) is 8.22. The van der Waals surface area contributed by atoms with Gasteiger partial charge in [0.05, 0.1) is 0 Å². The van der Waals surface area contributed by atoms with Gasteiger partial charge in [0.2, 0.25) is 0 Å². The Hall–Kier alpha value is -3.19. The van der Waals surface area contributed by atoms with Crippen LogP contribution in [0.3, 0.4) is 0 Å². The van der Waals surface area contributed by atoms with E-state index in [-0.39, 0.29) is 23.8 Å². The minimum atomic E-state index is -0.971. The minimum absolute atomic E-state index is 0.0353. The molecule has 3 aliphatic heterocycles. The maximum Gasteiger partial charge on any atom is 0.325 e.